The summed E-state index contributed by atoms with van der Waals surface area (Å²) in [6.45, 7) is 2.25. The molecule has 0 bridgehead atoms. The molecule has 0 aliphatic heterocycles. The predicted octanol–water partition coefficient (Wildman–Crippen LogP) is 1.83. The average molecular weight is 247 g/mol. The quantitative estimate of drug-likeness (QED) is 0.699. The van der Waals surface area contributed by atoms with E-state index in [1.54, 1.807) is 19.3 Å². The largest absolute Gasteiger partial charge is 0.337 e. The number of imidazole rings is 1. The molecular weight excluding hydrogens is 238 g/mol. The molecule has 0 saturated heterocycles. The smallest absolute Gasteiger partial charge is 0.246 e. The Morgan fingerprint density at radius 3 is 3.18 bits per heavy atom. The molecule has 0 aliphatic carbocycles. The first kappa shape index (κ1) is 10.2. The van der Waals surface area contributed by atoms with Crippen LogP contribution in [0.5, 0.6) is 0 Å². The lowest BCUT2D eigenvalue weighted by molar-refractivity contribution is 0.368. The maximum atomic E-state index is 5.25. The zero-order valence-corrected chi connectivity index (χ0v) is 9.86. The molecule has 0 amide bonds. The fraction of sp³-hybridized carbons (Fsp3) is 0.200. The van der Waals surface area contributed by atoms with Crippen LogP contribution in [-0.2, 0) is 6.54 Å². The van der Waals surface area contributed by atoms with Crippen LogP contribution in [0.15, 0.2) is 23.0 Å². The number of hydrogen-bond acceptors (Lipinski definition) is 5. The zero-order valence-electron chi connectivity index (χ0n) is 9.04. The van der Waals surface area contributed by atoms with Crippen LogP contribution in [0.4, 0.5) is 0 Å². The Labute approximate surface area is 101 Å². The van der Waals surface area contributed by atoms with Gasteiger partial charge in [-0.1, -0.05) is 5.16 Å². The first-order chi connectivity index (χ1) is 8.24. The topological polar surface area (TPSA) is 72.5 Å². The van der Waals surface area contributed by atoms with Crippen molar-refractivity contribution >= 4 is 23.3 Å². The highest BCUT2D eigenvalue weighted by Gasteiger charge is 2.08. The maximum absolute atomic E-state index is 5.25. The minimum Gasteiger partial charge on any atom is -0.337 e. The normalized spacial score (nSPS) is 11.1. The van der Waals surface area contributed by atoms with Gasteiger partial charge < -0.3 is 14.1 Å². The lowest BCUT2D eigenvalue weighted by atomic mass is 10.4. The first-order valence-corrected chi connectivity index (χ1v) is 5.46. The minimum absolute atomic E-state index is 0.462. The zero-order chi connectivity index (χ0) is 11.8. The molecule has 0 atom stereocenters. The molecule has 1 N–H and O–H groups in total. The van der Waals surface area contributed by atoms with Crippen LogP contribution in [0.25, 0.3) is 11.0 Å². The summed E-state index contributed by atoms with van der Waals surface area (Å²) >= 11 is 5.25. The number of aromatic amines is 1. The van der Waals surface area contributed by atoms with Crippen LogP contribution in [0.2, 0.25) is 0 Å². The van der Waals surface area contributed by atoms with E-state index in [-0.39, 0.29) is 0 Å². The molecule has 3 aromatic heterocycles. The lowest BCUT2D eigenvalue weighted by Gasteiger charge is -1.98. The number of fused-ring (bicyclic) bond motifs is 1. The van der Waals surface area contributed by atoms with E-state index in [4.69, 9.17) is 16.7 Å². The number of H-pyrrole nitrogens is 1. The van der Waals surface area contributed by atoms with Gasteiger partial charge in [-0.05, 0) is 25.2 Å². The summed E-state index contributed by atoms with van der Waals surface area (Å²) in [6.07, 6.45) is 3.46. The van der Waals surface area contributed by atoms with Crippen molar-refractivity contribution in [3.8, 4) is 0 Å². The number of nitrogens with zero attached hydrogens (tertiary/aromatic N) is 4. The summed E-state index contributed by atoms with van der Waals surface area (Å²) < 4.78 is 7.60. The second kappa shape index (κ2) is 3.77. The van der Waals surface area contributed by atoms with Crippen molar-refractivity contribution in [2.24, 2.45) is 0 Å². The van der Waals surface area contributed by atoms with Gasteiger partial charge in [0.25, 0.3) is 0 Å². The van der Waals surface area contributed by atoms with E-state index >= 15 is 0 Å². The molecule has 3 heterocycles. The number of hydrogen-bond donors (Lipinski definition) is 1. The van der Waals surface area contributed by atoms with Crippen LogP contribution in [0, 0.1) is 11.7 Å². The van der Waals surface area contributed by atoms with Crippen molar-refractivity contribution in [1.82, 2.24) is 24.7 Å². The molecule has 0 radical (unpaired) electrons. The Morgan fingerprint density at radius 1 is 1.53 bits per heavy atom. The van der Waals surface area contributed by atoms with E-state index in [9.17, 15) is 0 Å². The van der Waals surface area contributed by atoms with E-state index in [0.717, 1.165) is 11.0 Å². The molecule has 0 fully saturated rings. The van der Waals surface area contributed by atoms with Crippen molar-refractivity contribution in [2.75, 3.05) is 0 Å². The molecule has 6 nitrogen and oxygen atoms in total. The van der Waals surface area contributed by atoms with Crippen molar-refractivity contribution in [3.63, 3.8) is 0 Å². The number of nitrogens with one attached hydrogen (secondary N) is 1. The van der Waals surface area contributed by atoms with Gasteiger partial charge in [0.1, 0.15) is 6.54 Å². The fourth-order valence-electron chi connectivity index (χ4n) is 1.71. The van der Waals surface area contributed by atoms with Gasteiger partial charge in [0.05, 0.1) is 17.2 Å². The van der Waals surface area contributed by atoms with Gasteiger partial charge in [-0.3, -0.25) is 4.98 Å². The molecule has 86 valence electrons. The molecule has 3 aromatic rings. The summed E-state index contributed by atoms with van der Waals surface area (Å²) in [6, 6.07) is 1.89. The molecule has 0 unspecified atom stereocenters. The second-order valence-corrected chi connectivity index (χ2v) is 4.03. The third-order valence-electron chi connectivity index (χ3n) is 2.44. The maximum Gasteiger partial charge on any atom is 0.246 e. The molecule has 7 heteroatoms. The van der Waals surface area contributed by atoms with Crippen molar-refractivity contribution in [2.45, 2.75) is 13.5 Å². The first-order valence-electron chi connectivity index (χ1n) is 5.06. The highest BCUT2D eigenvalue weighted by molar-refractivity contribution is 7.71. The lowest BCUT2D eigenvalue weighted by Crippen LogP contribution is -1.99. The third-order valence-corrected chi connectivity index (χ3v) is 2.76. The highest BCUT2D eigenvalue weighted by Crippen LogP contribution is 2.13. The highest BCUT2D eigenvalue weighted by atomic mass is 32.1. The van der Waals surface area contributed by atoms with Gasteiger partial charge in [0.15, 0.2) is 10.6 Å². The van der Waals surface area contributed by atoms with E-state index in [1.165, 1.54) is 0 Å². The average Bonchev–Trinajstić information content (AvgIpc) is 2.85. The van der Waals surface area contributed by atoms with Crippen molar-refractivity contribution in [1.29, 1.82) is 0 Å². The molecule has 17 heavy (non-hydrogen) atoms. The molecule has 0 spiro atoms. The molecule has 0 saturated carbocycles. The summed E-state index contributed by atoms with van der Waals surface area (Å²) in [4.78, 5) is 11.3. The summed E-state index contributed by atoms with van der Waals surface area (Å²) in [5.74, 6) is 1.16. The van der Waals surface area contributed by atoms with E-state index in [2.05, 4.69) is 20.1 Å². The summed E-state index contributed by atoms with van der Waals surface area (Å²) in [5.41, 5.74) is 1.87. The van der Waals surface area contributed by atoms with Crippen molar-refractivity contribution < 1.29 is 4.52 Å². The van der Waals surface area contributed by atoms with Crippen molar-refractivity contribution in [3.05, 3.63) is 34.9 Å². The Bertz CT molecular complexity index is 725. The monoisotopic (exact) mass is 247 g/mol. The van der Waals surface area contributed by atoms with Gasteiger partial charge in [-0.2, -0.15) is 4.98 Å². The number of aryl methyl sites for hydroxylation is 1. The van der Waals surface area contributed by atoms with Crippen LogP contribution in [0.1, 0.15) is 11.7 Å². The molecule has 0 aromatic carbocycles. The van der Waals surface area contributed by atoms with Gasteiger partial charge in [0.2, 0.25) is 5.89 Å². The van der Waals surface area contributed by atoms with Gasteiger partial charge in [-0.25, -0.2) is 0 Å². The van der Waals surface area contributed by atoms with Crippen LogP contribution in [-0.4, -0.2) is 24.7 Å². The molecule has 0 aliphatic rings. The second-order valence-electron chi connectivity index (χ2n) is 3.64. The Balaban J connectivity index is 2.11. The SMILES string of the molecule is Cc1noc(Cn2c(=S)[nH]c3cnccc32)n1. The van der Waals surface area contributed by atoms with Gasteiger partial charge in [0, 0.05) is 6.20 Å². The van der Waals surface area contributed by atoms with E-state index in [0.29, 0.717) is 23.0 Å². The third kappa shape index (κ3) is 1.74. The Kier molecular flexibility index (Phi) is 2.25. The summed E-state index contributed by atoms with van der Waals surface area (Å²) in [5, 5.41) is 3.75. The van der Waals surface area contributed by atoms with Crippen LogP contribution in [0.3, 0.4) is 0 Å². The van der Waals surface area contributed by atoms with Gasteiger partial charge in [-0.15, -0.1) is 0 Å². The Morgan fingerprint density at radius 2 is 2.41 bits per heavy atom. The number of pyridine rings is 1. The van der Waals surface area contributed by atoms with E-state index < -0.39 is 0 Å². The van der Waals surface area contributed by atoms with E-state index in [1.807, 2.05) is 10.6 Å². The fourth-order valence-corrected chi connectivity index (χ4v) is 1.98. The minimum atomic E-state index is 0.462. The summed E-state index contributed by atoms with van der Waals surface area (Å²) in [7, 11) is 0. The Hall–Kier alpha value is -2.02. The number of rotatable bonds is 2. The number of aromatic nitrogens is 5. The predicted molar refractivity (Wildman–Crippen MR) is 63.1 cm³/mol. The molecular formula is C10H9N5OS. The standard InChI is InChI=1S/C10H9N5OS/c1-6-12-9(16-14-6)5-15-8-2-3-11-4-7(8)13-10(15)17/h2-4H,5H2,1H3,(H,13,17). The molecule has 3 rings (SSSR count). The van der Waals surface area contributed by atoms with Crippen LogP contribution < -0.4 is 0 Å². The van der Waals surface area contributed by atoms with Gasteiger partial charge >= 0.3 is 0 Å². The van der Waals surface area contributed by atoms with Crippen LogP contribution >= 0.6 is 12.2 Å².